The first-order valence-electron chi connectivity index (χ1n) is 7.44. The maximum atomic E-state index is 12.3. The van der Waals surface area contributed by atoms with Crippen LogP contribution in [0.15, 0.2) is 11.4 Å². The molecule has 1 aromatic heterocycles. The topological polar surface area (TPSA) is 49.4 Å². The summed E-state index contributed by atoms with van der Waals surface area (Å²) in [6.07, 6.45) is 1.31. The van der Waals surface area contributed by atoms with Crippen molar-refractivity contribution in [1.82, 2.24) is 10.2 Å². The van der Waals surface area contributed by atoms with Crippen molar-refractivity contribution >= 4 is 23.2 Å². The molecule has 0 bridgehead atoms. The predicted molar refractivity (Wildman–Crippen MR) is 85.2 cm³/mol. The van der Waals surface area contributed by atoms with Gasteiger partial charge < -0.3 is 10.2 Å². The number of fused-ring (bicyclic) bond motifs is 1. The van der Waals surface area contributed by atoms with Gasteiger partial charge in [0, 0.05) is 29.8 Å². The highest BCUT2D eigenvalue weighted by molar-refractivity contribution is 7.10. The van der Waals surface area contributed by atoms with Crippen LogP contribution in [-0.2, 0) is 16.0 Å². The second-order valence-electron chi connectivity index (χ2n) is 6.57. The number of carbonyl (C=O) groups excluding carboxylic acids is 2. The normalized spacial score (nSPS) is 18.3. The van der Waals surface area contributed by atoms with E-state index in [0.717, 1.165) is 13.0 Å². The van der Waals surface area contributed by atoms with Crippen molar-refractivity contribution in [3.05, 3.63) is 21.9 Å². The second kappa shape index (κ2) is 6.18. The zero-order valence-corrected chi connectivity index (χ0v) is 14.0. The summed E-state index contributed by atoms with van der Waals surface area (Å²) in [7, 11) is 0. The average Bonchev–Trinajstić information content (AvgIpc) is 2.87. The van der Waals surface area contributed by atoms with Crippen molar-refractivity contribution in [2.75, 3.05) is 13.1 Å². The number of hydrogen-bond acceptors (Lipinski definition) is 3. The molecule has 2 heterocycles. The highest BCUT2D eigenvalue weighted by atomic mass is 32.1. The highest BCUT2D eigenvalue weighted by Gasteiger charge is 2.28. The van der Waals surface area contributed by atoms with Crippen LogP contribution in [0.5, 0.6) is 0 Å². The van der Waals surface area contributed by atoms with E-state index in [0.29, 0.717) is 13.0 Å². The van der Waals surface area contributed by atoms with E-state index in [-0.39, 0.29) is 17.9 Å². The number of carbonyl (C=O) groups is 2. The number of amides is 2. The molecule has 1 aliphatic rings. The fraction of sp³-hybridized carbons (Fsp3) is 0.625. The SMILES string of the molecule is CC1c2ccsc2CCN1C(=O)CCNC(=O)C(C)(C)C. The van der Waals surface area contributed by atoms with Gasteiger partial charge in [-0.3, -0.25) is 9.59 Å². The van der Waals surface area contributed by atoms with Crippen LogP contribution < -0.4 is 5.32 Å². The third-order valence-corrected chi connectivity index (χ3v) is 4.90. The Hall–Kier alpha value is -1.36. The van der Waals surface area contributed by atoms with E-state index in [9.17, 15) is 9.59 Å². The summed E-state index contributed by atoms with van der Waals surface area (Å²) in [4.78, 5) is 27.5. The van der Waals surface area contributed by atoms with Crippen molar-refractivity contribution in [3.8, 4) is 0 Å². The zero-order valence-electron chi connectivity index (χ0n) is 13.2. The summed E-state index contributed by atoms with van der Waals surface area (Å²) in [5, 5.41) is 4.93. The Morgan fingerprint density at radius 1 is 1.43 bits per heavy atom. The van der Waals surface area contributed by atoms with Crippen LogP contribution in [0.1, 0.15) is 50.6 Å². The molecule has 5 heteroatoms. The molecular formula is C16H24N2O2S. The van der Waals surface area contributed by atoms with Crippen molar-refractivity contribution in [1.29, 1.82) is 0 Å². The lowest BCUT2D eigenvalue weighted by Crippen LogP contribution is -2.41. The maximum absolute atomic E-state index is 12.3. The van der Waals surface area contributed by atoms with E-state index in [1.165, 1.54) is 10.4 Å². The average molecular weight is 308 g/mol. The number of rotatable bonds is 3. The van der Waals surface area contributed by atoms with Gasteiger partial charge in [0.25, 0.3) is 0 Å². The molecule has 21 heavy (non-hydrogen) atoms. The minimum atomic E-state index is -0.410. The van der Waals surface area contributed by atoms with Gasteiger partial charge in [-0.1, -0.05) is 20.8 Å². The molecule has 2 amide bonds. The summed E-state index contributed by atoms with van der Waals surface area (Å²) in [5.41, 5.74) is 0.867. The Morgan fingerprint density at radius 2 is 2.14 bits per heavy atom. The molecule has 1 N–H and O–H groups in total. The Bertz CT molecular complexity index is 531. The first-order valence-corrected chi connectivity index (χ1v) is 8.32. The molecule has 116 valence electrons. The molecule has 1 unspecified atom stereocenters. The van der Waals surface area contributed by atoms with Crippen molar-refractivity contribution < 1.29 is 9.59 Å². The molecule has 0 radical (unpaired) electrons. The van der Waals surface area contributed by atoms with Gasteiger partial charge in [-0.25, -0.2) is 0 Å². The summed E-state index contributed by atoms with van der Waals surface area (Å²) >= 11 is 1.77. The van der Waals surface area contributed by atoms with Gasteiger partial charge in [0.1, 0.15) is 0 Å². The third-order valence-electron chi connectivity index (χ3n) is 3.90. The Morgan fingerprint density at radius 3 is 2.81 bits per heavy atom. The molecule has 1 atom stereocenters. The Balaban J connectivity index is 1.86. The molecule has 0 saturated heterocycles. The van der Waals surface area contributed by atoms with Crippen LogP contribution in [-0.4, -0.2) is 29.8 Å². The minimum absolute atomic E-state index is 0.0119. The minimum Gasteiger partial charge on any atom is -0.355 e. The van der Waals surface area contributed by atoms with Crippen LogP contribution in [0.2, 0.25) is 0 Å². The quantitative estimate of drug-likeness (QED) is 0.933. The number of nitrogens with zero attached hydrogens (tertiary/aromatic N) is 1. The smallest absolute Gasteiger partial charge is 0.225 e. The van der Waals surface area contributed by atoms with Crippen molar-refractivity contribution in [2.45, 2.75) is 46.6 Å². The monoisotopic (exact) mass is 308 g/mol. The molecule has 1 aliphatic heterocycles. The number of nitrogens with one attached hydrogen (secondary N) is 1. The number of hydrogen-bond donors (Lipinski definition) is 1. The highest BCUT2D eigenvalue weighted by Crippen LogP contribution is 2.32. The maximum Gasteiger partial charge on any atom is 0.225 e. The summed E-state index contributed by atoms with van der Waals surface area (Å²) in [6.45, 7) is 8.88. The van der Waals surface area contributed by atoms with E-state index in [4.69, 9.17) is 0 Å². The lowest BCUT2D eigenvalue weighted by atomic mass is 9.96. The lowest BCUT2D eigenvalue weighted by molar-refractivity contribution is -0.134. The zero-order chi connectivity index (χ0) is 15.6. The van der Waals surface area contributed by atoms with Gasteiger partial charge in [-0.05, 0) is 30.4 Å². The molecule has 4 nitrogen and oxygen atoms in total. The summed E-state index contributed by atoms with van der Waals surface area (Å²) in [6, 6.07) is 2.26. The Labute approximate surface area is 130 Å². The molecule has 2 rings (SSSR count). The molecular weight excluding hydrogens is 284 g/mol. The molecule has 0 fully saturated rings. The van der Waals surface area contributed by atoms with Gasteiger partial charge >= 0.3 is 0 Å². The van der Waals surface area contributed by atoms with Crippen LogP contribution in [0.25, 0.3) is 0 Å². The first kappa shape index (κ1) is 16.0. The largest absolute Gasteiger partial charge is 0.355 e. The van der Waals surface area contributed by atoms with E-state index in [1.807, 2.05) is 25.7 Å². The van der Waals surface area contributed by atoms with E-state index in [2.05, 4.69) is 23.7 Å². The van der Waals surface area contributed by atoms with Gasteiger partial charge in [0.05, 0.1) is 6.04 Å². The Kier molecular flexibility index (Phi) is 4.71. The van der Waals surface area contributed by atoms with Gasteiger partial charge in [0.15, 0.2) is 0 Å². The fourth-order valence-corrected chi connectivity index (χ4v) is 3.50. The lowest BCUT2D eigenvalue weighted by Gasteiger charge is -2.33. The van der Waals surface area contributed by atoms with Crippen LogP contribution in [0.3, 0.4) is 0 Å². The molecule has 0 saturated carbocycles. The summed E-state index contributed by atoms with van der Waals surface area (Å²) in [5.74, 6) is 0.107. The van der Waals surface area contributed by atoms with E-state index < -0.39 is 5.41 Å². The van der Waals surface area contributed by atoms with Crippen LogP contribution in [0, 0.1) is 5.41 Å². The van der Waals surface area contributed by atoms with Gasteiger partial charge in [0.2, 0.25) is 11.8 Å². The summed E-state index contributed by atoms with van der Waals surface area (Å²) < 4.78 is 0. The second-order valence-corrected chi connectivity index (χ2v) is 7.57. The third kappa shape index (κ3) is 3.64. The fourth-order valence-electron chi connectivity index (χ4n) is 2.54. The first-order chi connectivity index (χ1) is 9.80. The van der Waals surface area contributed by atoms with Gasteiger partial charge in [-0.15, -0.1) is 11.3 Å². The van der Waals surface area contributed by atoms with Gasteiger partial charge in [-0.2, -0.15) is 0 Å². The van der Waals surface area contributed by atoms with E-state index in [1.54, 1.807) is 11.3 Å². The molecule has 0 aliphatic carbocycles. The molecule has 1 aromatic rings. The number of thiophene rings is 1. The van der Waals surface area contributed by atoms with Crippen molar-refractivity contribution in [2.24, 2.45) is 5.41 Å². The van der Waals surface area contributed by atoms with E-state index >= 15 is 0 Å². The van der Waals surface area contributed by atoms with Crippen molar-refractivity contribution in [3.63, 3.8) is 0 Å². The van der Waals surface area contributed by atoms with Crippen LogP contribution in [0.4, 0.5) is 0 Å². The predicted octanol–water partition coefficient (Wildman–Crippen LogP) is 2.75. The van der Waals surface area contributed by atoms with Crippen LogP contribution >= 0.6 is 11.3 Å². The molecule has 0 spiro atoms. The molecule has 0 aromatic carbocycles. The standard InChI is InChI=1S/C16H24N2O2S/c1-11-12-7-10-21-13(12)6-9-18(11)14(19)5-8-17-15(20)16(2,3)4/h7,10-11H,5-6,8-9H2,1-4H3,(H,17,20).